The van der Waals surface area contributed by atoms with Crippen molar-refractivity contribution in [3.05, 3.63) is 17.5 Å². The highest BCUT2D eigenvalue weighted by atomic mass is 16.5. The zero-order valence-electron chi connectivity index (χ0n) is 16.9. The van der Waals surface area contributed by atoms with Crippen LogP contribution >= 0.6 is 0 Å². The summed E-state index contributed by atoms with van der Waals surface area (Å²) in [6.07, 6.45) is 6.66. The number of fused-ring (bicyclic) bond motifs is 2. The Morgan fingerprint density at radius 2 is 2.26 bits per heavy atom. The van der Waals surface area contributed by atoms with Gasteiger partial charge < -0.3 is 15.4 Å². The van der Waals surface area contributed by atoms with Gasteiger partial charge in [-0.15, -0.1) is 0 Å². The first kappa shape index (κ1) is 20.0. The molecule has 1 fully saturated rings. The maximum atomic E-state index is 12.6. The largest absolute Gasteiger partial charge is 0.383 e. The van der Waals surface area contributed by atoms with Gasteiger partial charge in [-0.25, -0.2) is 9.97 Å². The molecule has 1 aliphatic carbocycles. The molecule has 1 amide bonds. The van der Waals surface area contributed by atoms with Crippen molar-refractivity contribution in [3.8, 4) is 0 Å². The monoisotopic (exact) mass is 375 g/mol. The molecule has 7 nitrogen and oxygen atoms in total. The molecule has 0 spiro atoms. The van der Waals surface area contributed by atoms with E-state index in [1.807, 2.05) is 13.2 Å². The molecule has 1 aromatic heterocycles. The van der Waals surface area contributed by atoms with Gasteiger partial charge in [-0.05, 0) is 49.6 Å². The minimum absolute atomic E-state index is 0.217. The maximum absolute atomic E-state index is 12.6. The Morgan fingerprint density at radius 3 is 3.00 bits per heavy atom. The zero-order chi connectivity index (χ0) is 19.4. The van der Waals surface area contributed by atoms with Gasteiger partial charge in [0.05, 0.1) is 6.61 Å². The summed E-state index contributed by atoms with van der Waals surface area (Å²) in [5.74, 6) is 1.51. The van der Waals surface area contributed by atoms with Crippen LogP contribution in [0.5, 0.6) is 0 Å². The van der Waals surface area contributed by atoms with Gasteiger partial charge in [-0.3, -0.25) is 9.69 Å². The van der Waals surface area contributed by atoms with Gasteiger partial charge in [-0.1, -0.05) is 6.92 Å². The molecule has 2 aliphatic rings. The van der Waals surface area contributed by atoms with Crippen LogP contribution in [0.1, 0.15) is 37.4 Å². The highest BCUT2D eigenvalue weighted by Gasteiger charge is 2.40. The average Bonchev–Trinajstić information content (AvgIpc) is 2.64. The molecule has 1 aromatic rings. The van der Waals surface area contributed by atoms with Crippen molar-refractivity contribution in [1.82, 2.24) is 19.8 Å². The fourth-order valence-corrected chi connectivity index (χ4v) is 4.67. The van der Waals surface area contributed by atoms with Gasteiger partial charge in [-0.2, -0.15) is 0 Å². The fraction of sp³-hybridized carbons (Fsp3) is 0.750. The van der Waals surface area contributed by atoms with E-state index in [0.29, 0.717) is 43.4 Å². The highest BCUT2D eigenvalue weighted by Crippen LogP contribution is 2.37. The average molecular weight is 376 g/mol. The second-order valence-electron chi connectivity index (χ2n) is 8.04. The number of likely N-dealkylation sites (tertiary alicyclic amines) is 1. The lowest BCUT2D eigenvalue weighted by Crippen LogP contribution is -2.53. The smallest absolute Gasteiger partial charge is 0.222 e. The summed E-state index contributed by atoms with van der Waals surface area (Å²) in [5, 5.41) is 0. The second-order valence-corrected chi connectivity index (χ2v) is 8.04. The number of rotatable bonds is 7. The van der Waals surface area contributed by atoms with Crippen LogP contribution in [0.25, 0.3) is 0 Å². The minimum Gasteiger partial charge on any atom is -0.383 e. The summed E-state index contributed by atoms with van der Waals surface area (Å²) in [6.45, 7) is 5.54. The van der Waals surface area contributed by atoms with Gasteiger partial charge in [0.2, 0.25) is 11.9 Å². The predicted octanol–water partition coefficient (Wildman–Crippen LogP) is 1.37. The van der Waals surface area contributed by atoms with Crippen LogP contribution < -0.4 is 5.73 Å². The van der Waals surface area contributed by atoms with Crippen molar-refractivity contribution in [2.45, 2.75) is 45.1 Å². The molecule has 1 saturated heterocycles. The predicted molar refractivity (Wildman–Crippen MR) is 105 cm³/mol. The number of nitrogen functional groups attached to an aromatic ring is 1. The van der Waals surface area contributed by atoms with Gasteiger partial charge in [0, 0.05) is 51.6 Å². The van der Waals surface area contributed by atoms with Crippen LogP contribution in [0.4, 0.5) is 5.95 Å². The number of aromatic nitrogens is 2. The summed E-state index contributed by atoms with van der Waals surface area (Å²) in [7, 11) is 3.53. The van der Waals surface area contributed by atoms with Crippen LogP contribution in [0, 0.1) is 11.8 Å². The standard InChI is InChI=1S/C20H33N5O2/c1-4-5-25-13-14(9-19(26)24(2)6-7-27-3)8-15-10-17-16(11-18(15)25)12-22-20(21)23-17/h12,14-15,18H,4-11,13H2,1-3H3,(H2,21,22,23)/t14-,15-,18-/m1/s1. The molecular formula is C20H33N5O2. The summed E-state index contributed by atoms with van der Waals surface area (Å²) in [5.41, 5.74) is 8.14. The molecular weight excluding hydrogens is 342 g/mol. The van der Waals surface area contributed by atoms with Crippen molar-refractivity contribution in [2.75, 3.05) is 46.1 Å². The van der Waals surface area contributed by atoms with E-state index in [2.05, 4.69) is 21.8 Å². The summed E-state index contributed by atoms with van der Waals surface area (Å²) >= 11 is 0. The zero-order valence-corrected chi connectivity index (χ0v) is 16.9. The van der Waals surface area contributed by atoms with Crippen LogP contribution in [-0.2, 0) is 22.4 Å². The van der Waals surface area contributed by atoms with Crippen LogP contribution in [0.2, 0.25) is 0 Å². The number of likely N-dealkylation sites (N-methyl/N-ethyl adjacent to an activating group) is 1. The van der Waals surface area contributed by atoms with Gasteiger partial charge in [0.1, 0.15) is 0 Å². The van der Waals surface area contributed by atoms with E-state index in [1.54, 1.807) is 12.0 Å². The molecule has 2 N–H and O–H groups in total. The SMILES string of the molecule is CCCN1C[C@@H](CC(=O)N(C)CCOC)C[C@@H]2Cc3nc(N)ncc3C[C@H]21. The van der Waals surface area contributed by atoms with Crippen LogP contribution in [0.3, 0.4) is 0 Å². The number of nitrogens with two attached hydrogens (primary N) is 1. The molecule has 150 valence electrons. The highest BCUT2D eigenvalue weighted by molar-refractivity contribution is 5.76. The first-order valence-electron chi connectivity index (χ1n) is 10.1. The van der Waals surface area contributed by atoms with Gasteiger partial charge in [0.25, 0.3) is 0 Å². The molecule has 0 radical (unpaired) electrons. The van der Waals surface area contributed by atoms with E-state index in [1.165, 1.54) is 5.56 Å². The third kappa shape index (κ3) is 4.76. The van der Waals surface area contributed by atoms with Crippen LogP contribution in [0.15, 0.2) is 6.20 Å². The maximum Gasteiger partial charge on any atom is 0.222 e. The Bertz CT molecular complexity index is 653. The topological polar surface area (TPSA) is 84.6 Å². The first-order chi connectivity index (χ1) is 13.0. The Hall–Kier alpha value is -1.73. The molecule has 3 rings (SSSR count). The number of amides is 1. The Balaban J connectivity index is 1.69. The number of anilines is 1. The minimum atomic E-state index is 0.217. The number of hydrogen-bond donors (Lipinski definition) is 1. The van der Waals surface area contributed by atoms with Gasteiger partial charge in [0.15, 0.2) is 0 Å². The summed E-state index contributed by atoms with van der Waals surface area (Å²) < 4.78 is 5.09. The molecule has 0 aromatic carbocycles. The van der Waals surface area contributed by atoms with E-state index >= 15 is 0 Å². The molecule has 3 atom stereocenters. The van der Waals surface area contributed by atoms with E-state index < -0.39 is 0 Å². The lowest BCUT2D eigenvalue weighted by Gasteiger charge is -2.47. The van der Waals surface area contributed by atoms with Gasteiger partial charge >= 0.3 is 0 Å². The number of carbonyl (C=O) groups excluding carboxylic acids is 1. The van der Waals surface area contributed by atoms with E-state index in [9.17, 15) is 4.79 Å². The molecule has 0 bridgehead atoms. The first-order valence-corrected chi connectivity index (χ1v) is 10.1. The van der Waals surface area contributed by atoms with Crippen LogP contribution in [-0.4, -0.2) is 72.1 Å². The molecule has 2 heterocycles. The number of methoxy groups -OCH3 is 1. The lowest BCUT2D eigenvalue weighted by atomic mass is 9.73. The van der Waals surface area contributed by atoms with E-state index in [-0.39, 0.29) is 5.91 Å². The van der Waals surface area contributed by atoms with Crippen molar-refractivity contribution in [3.63, 3.8) is 0 Å². The van der Waals surface area contributed by atoms with Crippen molar-refractivity contribution >= 4 is 11.9 Å². The Morgan fingerprint density at radius 1 is 1.44 bits per heavy atom. The summed E-state index contributed by atoms with van der Waals surface area (Å²) in [6, 6.07) is 0.530. The number of hydrogen-bond acceptors (Lipinski definition) is 6. The van der Waals surface area contributed by atoms with Crippen molar-refractivity contribution < 1.29 is 9.53 Å². The number of carbonyl (C=O) groups is 1. The molecule has 1 aliphatic heterocycles. The Kier molecular flexibility index (Phi) is 6.65. The Labute approximate surface area is 162 Å². The lowest BCUT2D eigenvalue weighted by molar-refractivity contribution is -0.132. The normalized spacial score (nSPS) is 24.9. The second kappa shape index (κ2) is 8.97. The van der Waals surface area contributed by atoms with E-state index in [4.69, 9.17) is 10.5 Å². The van der Waals surface area contributed by atoms with Crippen molar-refractivity contribution in [1.29, 1.82) is 0 Å². The quantitative estimate of drug-likeness (QED) is 0.775. The third-order valence-corrected chi connectivity index (χ3v) is 6.03. The molecule has 0 unspecified atom stereocenters. The number of piperidine rings is 1. The molecule has 0 saturated carbocycles. The molecule has 7 heteroatoms. The number of nitrogens with zero attached hydrogens (tertiary/aromatic N) is 4. The molecule has 27 heavy (non-hydrogen) atoms. The number of ether oxygens (including phenoxy) is 1. The summed E-state index contributed by atoms with van der Waals surface area (Å²) in [4.78, 5) is 25.7. The van der Waals surface area contributed by atoms with Crippen molar-refractivity contribution in [2.24, 2.45) is 11.8 Å². The fourth-order valence-electron chi connectivity index (χ4n) is 4.67. The van der Waals surface area contributed by atoms with E-state index in [0.717, 1.165) is 44.5 Å². The third-order valence-electron chi connectivity index (χ3n) is 6.03.